The number of thiophene rings is 1. The van der Waals surface area contributed by atoms with Crippen LogP contribution in [0, 0.1) is 6.92 Å². The Labute approximate surface area is 177 Å². The van der Waals surface area contributed by atoms with Gasteiger partial charge in [-0.05, 0) is 43.5 Å². The van der Waals surface area contributed by atoms with Crippen LogP contribution in [0.1, 0.15) is 27.9 Å². The van der Waals surface area contributed by atoms with Gasteiger partial charge in [-0.25, -0.2) is 17.9 Å². The molecule has 3 rings (SSSR count). The van der Waals surface area contributed by atoms with Gasteiger partial charge in [0.05, 0.1) is 16.2 Å². The van der Waals surface area contributed by atoms with E-state index in [2.05, 4.69) is 15.2 Å². The van der Waals surface area contributed by atoms with Crippen molar-refractivity contribution in [2.45, 2.75) is 31.4 Å². The monoisotopic (exact) mass is 449 g/mol. The quantitative estimate of drug-likeness (QED) is 0.506. The number of ether oxygens (including phenoxy) is 1. The van der Waals surface area contributed by atoms with Gasteiger partial charge < -0.3 is 9.26 Å². The van der Waals surface area contributed by atoms with Gasteiger partial charge in [-0.2, -0.15) is 0 Å². The Kier molecular flexibility index (Phi) is 6.65. The lowest BCUT2D eigenvalue weighted by atomic mass is 10.2. The second kappa shape index (κ2) is 9.20. The Morgan fingerprint density at radius 1 is 1.23 bits per heavy atom. The zero-order chi connectivity index (χ0) is 21.7. The van der Waals surface area contributed by atoms with Crippen LogP contribution in [-0.4, -0.2) is 31.6 Å². The van der Waals surface area contributed by atoms with Crippen molar-refractivity contribution in [3.63, 3.8) is 0 Å². The third-order valence-corrected chi connectivity index (χ3v) is 6.20. The minimum absolute atomic E-state index is 0.00385. The minimum Gasteiger partial charge on any atom is -0.449 e. The molecular formula is C19H19N3O6S2. The number of aryl methyl sites for hydroxylation is 1. The Morgan fingerprint density at radius 2 is 2.03 bits per heavy atom. The largest absolute Gasteiger partial charge is 0.449 e. The number of carbonyl (C=O) groups is 2. The van der Waals surface area contributed by atoms with Gasteiger partial charge in [0.25, 0.3) is 5.91 Å². The van der Waals surface area contributed by atoms with E-state index in [-0.39, 0.29) is 22.9 Å². The number of benzene rings is 1. The van der Waals surface area contributed by atoms with Crippen molar-refractivity contribution in [2.75, 3.05) is 5.32 Å². The van der Waals surface area contributed by atoms with E-state index in [1.165, 1.54) is 48.6 Å². The first-order valence-corrected chi connectivity index (χ1v) is 11.2. The van der Waals surface area contributed by atoms with Crippen LogP contribution in [-0.2, 0) is 26.1 Å². The van der Waals surface area contributed by atoms with Crippen LogP contribution in [0.3, 0.4) is 0 Å². The minimum atomic E-state index is -3.83. The van der Waals surface area contributed by atoms with Crippen LogP contribution < -0.4 is 10.0 Å². The van der Waals surface area contributed by atoms with Gasteiger partial charge in [0, 0.05) is 17.5 Å². The number of nitrogens with zero attached hydrogens (tertiary/aromatic N) is 1. The van der Waals surface area contributed by atoms with E-state index in [1.54, 1.807) is 6.92 Å². The standard InChI is InChI=1S/C19H19N3O6S2/c1-12-9-17(28-22-12)21-18(23)13(2)27-19(24)14-5-3-7-16(10-14)30(25,26)20-11-15-6-4-8-29-15/h3-10,13,20H,11H2,1-2H3,(H,21,23). The number of aromatic nitrogens is 1. The first-order chi connectivity index (χ1) is 14.2. The zero-order valence-electron chi connectivity index (χ0n) is 16.1. The van der Waals surface area contributed by atoms with E-state index >= 15 is 0 Å². The molecule has 30 heavy (non-hydrogen) atoms. The fourth-order valence-electron chi connectivity index (χ4n) is 2.38. The molecule has 0 radical (unpaired) electrons. The fraction of sp³-hybridized carbons (Fsp3) is 0.211. The summed E-state index contributed by atoms with van der Waals surface area (Å²) >= 11 is 1.43. The van der Waals surface area contributed by atoms with Gasteiger partial charge in [-0.3, -0.25) is 10.1 Å². The van der Waals surface area contributed by atoms with Crippen LogP contribution in [0.15, 0.2) is 57.3 Å². The predicted octanol–water partition coefficient (Wildman–Crippen LogP) is 2.71. The Bertz CT molecular complexity index is 1140. The average Bonchev–Trinajstić information content (AvgIpc) is 3.38. The number of rotatable bonds is 8. The summed E-state index contributed by atoms with van der Waals surface area (Å²) in [5, 5.41) is 7.93. The van der Waals surface area contributed by atoms with E-state index in [1.807, 2.05) is 17.5 Å². The molecule has 1 atom stereocenters. The molecule has 1 aromatic carbocycles. The number of esters is 1. The molecule has 1 amide bonds. The molecule has 0 spiro atoms. The molecule has 0 aliphatic heterocycles. The molecule has 2 aromatic heterocycles. The number of amides is 1. The summed E-state index contributed by atoms with van der Waals surface area (Å²) in [5.74, 6) is -1.31. The maximum absolute atomic E-state index is 12.5. The highest BCUT2D eigenvalue weighted by Crippen LogP contribution is 2.16. The third kappa shape index (κ3) is 5.53. The van der Waals surface area contributed by atoms with Crippen molar-refractivity contribution < 1.29 is 27.3 Å². The molecule has 0 bridgehead atoms. The number of hydrogen-bond acceptors (Lipinski definition) is 8. The fourth-order valence-corrected chi connectivity index (χ4v) is 4.17. The van der Waals surface area contributed by atoms with E-state index < -0.39 is 28.0 Å². The first-order valence-electron chi connectivity index (χ1n) is 8.82. The third-order valence-electron chi connectivity index (χ3n) is 3.92. The molecule has 158 valence electrons. The summed E-state index contributed by atoms with van der Waals surface area (Å²) in [5.41, 5.74) is 0.588. The van der Waals surface area contributed by atoms with Gasteiger partial charge in [-0.1, -0.05) is 17.3 Å². The van der Waals surface area contributed by atoms with E-state index in [4.69, 9.17) is 9.26 Å². The van der Waals surface area contributed by atoms with Gasteiger partial charge >= 0.3 is 5.97 Å². The van der Waals surface area contributed by atoms with Crippen LogP contribution in [0.5, 0.6) is 0 Å². The molecule has 0 aliphatic carbocycles. The summed E-state index contributed by atoms with van der Waals surface area (Å²) < 4.78 is 37.5. The highest BCUT2D eigenvalue weighted by molar-refractivity contribution is 7.89. The smallest absolute Gasteiger partial charge is 0.338 e. The number of carbonyl (C=O) groups excluding carboxylic acids is 2. The molecule has 0 aliphatic rings. The normalized spacial score (nSPS) is 12.3. The Morgan fingerprint density at radius 3 is 2.70 bits per heavy atom. The molecule has 0 fully saturated rings. The molecule has 2 N–H and O–H groups in total. The number of nitrogens with one attached hydrogen (secondary N) is 2. The topological polar surface area (TPSA) is 128 Å². The Hall–Kier alpha value is -3.02. The molecule has 9 nitrogen and oxygen atoms in total. The van der Waals surface area contributed by atoms with Crippen molar-refractivity contribution in [1.29, 1.82) is 0 Å². The summed E-state index contributed by atoms with van der Waals surface area (Å²) in [4.78, 5) is 25.3. The highest BCUT2D eigenvalue weighted by Gasteiger charge is 2.22. The second-order valence-electron chi connectivity index (χ2n) is 6.30. The van der Waals surface area contributed by atoms with Gasteiger partial charge in [0.15, 0.2) is 6.10 Å². The molecule has 2 heterocycles. The van der Waals surface area contributed by atoms with Gasteiger partial charge in [0.2, 0.25) is 15.9 Å². The van der Waals surface area contributed by atoms with Gasteiger partial charge in [0.1, 0.15) is 0 Å². The first kappa shape index (κ1) is 21.7. The number of anilines is 1. The molecule has 0 saturated heterocycles. The molecule has 11 heteroatoms. The van der Waals surface area contributed by atoms with Crippen LogP contribution in [0.4, 0.5) is 5.88 Å². The van der Waals surface area contributed by atoms with Crippen molar-refractivity contribution in [3.05, 3.63) is 64.0 Å². The predicted molar refractivity (Wildman–Crippen MR) is 110 cm³/mol. The van der Waals surface area contributed by atoms with Crippen molar-refractivity contribution >= 4 is 39.1 Å². The summed E-state index contributed by atoms with van der Waals surface area (Å²) in [7, 11) is -3.83. The lowest BCUT2D eigenvalue weighted by Gasteiger charge is -2.13. The highest BCUT2D eigenvalue weighted by atomic mass is 32.2. The average molecular weight is 450 g/mol. The van der Waals surface area contributed by atoms with Crippen molar-refractivity contribution in [1.82, 2.24) is 9.88 Å². The lowest BCUT2D eigenvalue weighted by Crippen LogP contribution is -2.30. The second-order valence-corrected chi connectivity index (χ2v) is 9.10. The lowest BCUT2D eigenvalue weighted by molar-refractivity contribution is -0.123. The van der Waals surface area contributed by atoms with Crippen LogP contribution in [0.2, 0.25) is 0 Å². The maximum atomic E-state index is 12.5. The maximum Gasteiger partial charge on any atom is 0.338 e. The number of sulfonamides is 1. The molecule has 3 aromatic rings. The zero-order valence-corrected chi connectivity index (χ0v) is 17.7. The summed E-state index contributed by atoms with van der Waals surface area (Å²) in [6.07, 6.45) is -1.14. The molecule has 1 unspecified atom stereocenters. The van der Waals surface area contributed by atoms with Crippen molar-refractivity contribution in [2.24, 2.45) is 0 Å². The summed E-state index contributed by atoms with van der Waals surface area (Å²) in [6.45, 7) is 3.23. The SMILES string of the molecule is Cc1cc(NC(=O)C(C)OC(=O)c2cccc(S(=O)(=O)NCc3cccs3)c2)on1. The molecule has 0 saturated carbocycles. The Balaban J connectivity index is 1.64. The summed E-state index contributed by atoms with van der Waals surface area (Å²) in [6, 6.07) is 10.6. The van der Waals surface area contributed by atoms with Gasteiger partial charge in [-0.15, -0.1) is 11.3 Å². The van der Waals surface area contributed by atoms with E-state index in [0.717, 1.165) is 4.88 Å². The van der Waals surface area contributed by atoms with E-state index in [0.29, 0.717) is 5.69 Å². The number of hydrogen-bond donors (Lipinski definition) is 2. The van der Waals surface area contributed by atoms with Crippen LogP contribution in [0.25, 0.3) is 0 Å². The van der Waals surface area contributed by atoms with Crippen LogP contribution >= 0.6 is 11.3 Å². The molecular weight excluding hydrogens is 430 g/mol. The van der Waals surface area contributed by atoms with Crippen molar-refractivity contribution in [3.8, 4) is 0 Å². The van der Waals surface area contributed by atoms with E-state index in [9.17, 15) is 18.0 Å².